The van der Waals surface area contributed by atoms with Gasteiger partial charge in [-0.2, -0.15) is 0 Å². The van der Waals surface area contributed by atoms with Crippen LogP contribution in [0.25, 0.3) is 10.9 Å². The van der Waals surface area contributed by atoms with Gasteiger partial charge in [-0.25, -0.2) is 13.6 Å². The molecule has 2 aromatic rings. The first-order chi connectivity index (χ1) is 14.3. The molecular formula is C21H23F2N3O4. The fraction of sp³-hybridized carbons (Fsp3) is 0.524. The maximum Gasteiger partial charge on any atom is 0.341 e. The van der Waals surface area contributed by atoms with Crippen LogP contribution in [-0.2, 0) is 0 Å². The minimum Gasteiger partial charge on any atom is -0.492 e. The third-order valence-electron chi connectivity index (χ3n) is 6.67. The second-order valence-electron chi connectivity index (χ2n) is 8.52. The molecule has 3 aliphatic rings. The van der Waals surface area contributed by atoms with Gasteiger partial charge in [0.1, 0.15) is 17.4 Å². The predicted octanol–water partition coefficient (Wildman–Crippen LogP) is 2.46. The number of nitrogens with one attached hydrogen (secondary N) is 1. The van der Waals surface area contributed by atoms with Crippen molar-refractivity contribution >= 4 is 22.6 Å². The van der Waals surface area contributed by atoms with Gasteiger partial charge in [-0.05, 0) is 25.3 Å². The Labute approximate surface area is 171 Å². The monoisotopic (exact) mass is 419 g/mol. The summed E-state index contributed by atoms with van der Waals surface area (Å²) in [5.74, 6) is -1.92. The van der Waals surface area contributed by atoms with Crippen molar-refractivity contribution in [3.8, 4) is 5.75 Å². The molecule has 2 atom stereocenters. The summed E-state index contributed by atoms with van der Waals surface area (Å²) in [5.41, 5.74) is -0.867. The van der Waals surface area contributed by atoms with E-state index in [9.17, 15) is 19.1 Å². The lowest BCUT2D eigenvalue weighted by molar-refractivity contribution is 0.0694. The van der Waals surface area contributed by atoms with E-state index in [4.69, 9.17) is 4.74 Å². The third kappa shape index (κ3) is 2.79. The highest BCUT2D eigenvalue weighted by atomic mass is 19.1. The molecule has 3 fully saturated rings. The molecule has 1 aromatic carbocycles. The zero-order valence-electron chi connectivity index (χ0n) is 16.6. The van der Waals surface area contributed by atoms with Gasteiger partial charge in [0.25, 0.3) is 0 Å². The molecule has 0 unspecified atom stereocenters. The van der Waals surface area contributed by atoms with E-state index in [0.29, 0.717) is 19.6 Å². The van der Waals surface area contributed by atoms with Crippen LogP contribution in [-0.4, -0.2) is 54.1 Å². The number of methoxy groups -OCH3 is 1. The van der Waals surface area contributed by atoms with Crippen molar-refractivity contribution in [2.24, 2.45) is 0 Å². The molecule has 5 rings (SSSR count). The van der Waals surface area contributed by atoms with E-state index < -0.39 is 35.0 Å². The smallest absolute Gasteiger partial charge is 0.341 e. The normalized spacial score (nSPS) is 24.7. The Morgan fingerprint density at radius 2 is 2.13 bits per heavy atom. The molecule has 2 N–H and O–H groups in total. The van der Waals surface area contributed by atoms with E-state index >= 15 is 4.39 Å². The summed E-state index contributed by atoms with van der Waals surface area (Å²) in [4.78, 5) is 26.3. The number of nitrogens with zero attached hydrogens (tertiary/aromatic N) is 2. The van der Waals surface area contributed by atoms with Crippen molar-refractivity contribution in [3.05, 3.63) is 33.9 Å². The summed E-state index contributed by atoms with van der Waals surface area (Å²) < 4.78 is 36.3. The number of alkyl halides is 1. The minimum atomic E-state index is -1.43. The SMILES string of the molecule is COc1c(N2CCNC3(CCC3)C2)c(F)cc2c(=O)c(C(=O)O)cn([C@@H]3C[C@@H]3F)c12. The number of anilines is 1. The molecule has 0 bridgehead atoms. The number of carbonyl (C=O) groups is 1. The van der Waals surface area contributed by atoms with Crippen LogP contribution in [0, 0.1) is 5.82 Å². The van der Waals surface area contributed by atoms with E-state index in [-0.39, 0.29) is 34.3 Å². The number of carboxylic acid groups (broad SMARTS) is 1. The van der Waals surface area contributed by atoms with E-state index in [1.807, 2.05) is 4.90 Å². The van der Waals surface area contributed by atoms with Gasteiger partial charge in [0, 0.05) is 37.8 Å². The molecule has 2 heterocycles. The number of rotatable bonds is 4. The van der Waals surface area contributed by atoms with Gasteiger partial charge in [0.15, 0.2) is 11.6 Å². The Hall–Kier alpha value is -2.68. The van der Waals surface area contributed by atoms with Crippen LogP contribution in [0.2, 0.25) is 0 Å². The number of fused-ring (bicyclic) bond motifs is 1. The van der Waals surface area contributed by atoms with Gasteiger partial charge in [0.2, 0.25) is 5.43 Å². The lowest BCUT2D eigenvalue weighted by Gasteiger charge is -2.50. The second-order valence-corrected chi connectivity index (χ2v) is 8.52. The average molecular weight is 419 g/mol. The van der Waals surface area contributed by atoms with Crippen molar-refractivity contribution in [1.29, 1.82) is 0 Å². The van der Waals surface area contributed by atoms with Crippen LogP contribution in [0.15, 0.2) is 17.1 Å². The third-order valence-corrected chi connectivity index (χ3v) is 6.67. The van der Waals surface area contributed by atoms with Crippen LogP contribution in [0.4, 0.5) is 14.5 Å². The molecule has 2 aliphatic carbocycles. The van der Waals surface area contributed by atoms with Gasteiger partial charge >= 0.3 is 5.97 Å². The highest BCUT2D eigenvalue weighted by molar-refractivity contribution is 5.97. The van der Waals surface area contributed by atoms with Crippen LogP contribution >= 0.6 is 0 Å². The Balaban J connectivity index is 1.75. The number of aromatic carboxylic acids is 1. The highest BCUT2D eigenvalue weighted by Gasteiger charge is 2.43. The zero-order valence-corrected chi connectivity index (χ0v) is 16.6. The van der Waals surface area contributed by atoms with Gasteiger partial charge in [-0.15, -0.1) is 0 Å². The fourth-order valence-electron chi connectivity index (χ4n) is 4.87. The van der Waals surface area contributed by atoms with E-state index in [2.05, 4.69) is 5.32 Å². The summed E-state index contributed by atoms with van der Waals surface area (Å²) in [7, 11) is 1.39. The molecule has 1 spiro atoms. The van der Waals surface area contributed by atoms with E-state index in [0.717, 1.165) is 31.5 Å². The Kier molecular flexibility index (Phi) is 4.29. The number of pyridine rings is 1. The van der Waals surface area contributed by atoms with Crippen molar-refractivity contribution in [1.82, 2.24) is 9.88 Å². The van der Waals surface area contributed by atoms with Gasteiger partial charge in [0.05, 0.1) is 24.1 Å². The minimum absolute atomic E-state index is 0.0436. The van der Waals surface area contributed by atoms with Crippen molar-refractivity contribution < 1.29 is 23.4 Å². The first-order valence-corrected chi connectivity index (χ1v) is 10.2. The molecule has 1 aliphatic heterocycles. The molecule has 30 heavy (non-hydrogen) atoms. The van der Waals surface area contributed by atoms with Crippen molar-refractivity contribution in [3.63, 3.8) is 0 Å². The standard InChI is InChI=1S/C21H23F2N3O4/c1-30-19-16-11(18(27)12(20(28)29)9-26(16)15-8-13(15)22)7-14(23)17(19)25-6-5-24-21(10-25)3-2-4-21/h7,9,13,15,24H,2-6,8,10H2,1H3,(H,28,29)/t13-,15+/m0/s1. The Bertz CT molecular complexity index is 1110. The van der Waals surface area contributed by atoms with Crippen molar-refractivity contribution in [2.75, 3.05) is 31.6 Å². The fourth-order valence-corrected chi connectivity index (χ4v) is 4.87. The number of piperazine rings is 1. The molecule has 1 saturated heterocycles. The number of halogens is 2. The molecule has 7 nitrogen and oxygen atoms in total. The lowest BCUT2D eigenvalue weighted by atomic mass is 9.75. The maximum atomic E-state index is 15.4. The number of hydrogen-bond donors (Lipinski definition) is 2. The number of hydrogen-bond acceptors (Lipinski definition) is 5. The van der Waals surface area contributed by atoms with Crippen LogP contribution in [0.3, 0.4) is 0 Å². The molecule has 160 valence electrons. The molecule has 9 heteroatoms. The zero-order chi connectivity index (χ0) is 21.2. The first-order valence-electron chi connectivity index (χ1n) is 10.2. The van der Waals surface area contributed by atoms with Gasteiger partial charge in [-0.1, -0.05) is 0 Å². The predicted molar refractivity (Wildman–Crippen MR) is 107 cm³/mol. The van der Waals surface area contributed by atoms with E-state index in [1.165, 1.54) is 11.7 Å². The van der Waals surface area contributed by atoms with E-state index in [1.54, 1.807) is 0 Å². The quantitative estimate of drug-likeness (QED) is 0.792. The largest absolute Gasteiger partial charge is 0.492 e. The second kappa shape index (κ2) is 6.66. The topological polar surface area (TPSA) is 83.8 Å². The number of benzene rings is 1. The summed E-state index contributed by atoms with van der Waals surface area (Å²) in [6.45, 7) is 1.87. The van der Waals surface area contributed by atoms with Gasteiger partial charge < -0.3 is 24.6 Å². The number of carboxylic acids is 1. The Morgan fingerprint density at radius 1 is 1.40 bits per heavy atom. The van der Waals surface area contributed by atoms with Gasteiger partial charge in [-0.3, -0.25) is 4.79 Å². The van der Waals surface area contributed by atoms with Crippen LogP contribution < -0.4 is 20.4 Å². The van der Waals surface area contributed by atoms with Crippen LogP contribution in [0.1, 0.15) is 42.1 Å². The molecule has 2 saturated carbocycles. The van der Waals surface area contributed by atoms with Crippen LogP contribution in [0.5, 0.6) is 5.75 Å². The Morgan fingerprint density at radius 3 is 2.70 bits per heavy atom. The average Bonchev–Trinajstić information content (AvgIpc) is 3.42. The summed E-state index contributed by atoms with van der Waals surface area (Å²) in [6, 6.07) is 0.475. The van der Waals surface area contributed by atoms with Crippen molar-refractivity contribution in [2.45, 2.75) is 43.4 Å². The molecule has 0 amide bonds. The summed E-state index contributed by atoms with van der Waals surface area (Å²) in [5, 5.41) is 12.8. The summed E-state index contributed by atoms with van der Waals surface area (Å²) in [6.07, 6.45) is 3.37. The molecule has 1 aromatic heterocycles. The molecular weight excluding hydrogens is 396 g/mol. The highest BCUT2D eigenvalue weighted by Crippen LogP contribution is 2.46. The maximum absolute atomic E-state index is 15.4. The first kappa shape index (κ1) is 19.3. The lowest BCUT2D eigenvalue weighted by Crippen LogP contribution is -2.64. The summed E-state index contributed by atoms with van der Waals surface area (Å²) >= 11 is 0. The number of ether oxygens (including phenoxy) is 1. The molecule has 0 radical (unpaired) electrons. The number of aromatic nitrogens is 1.